The topological polar surface area (TPSA) is 91.9 Å². The lowest BCUT2D eigenvalue weighted by molar-refractivity contribution is 0.0686. The normalized spacial score (nSPS) is 11.2. The fourth-order valence-corrected chi connectivity index (χ4v) is 3.49. The van der Waals surface area contributed by atoms with E-state index in [1.54, 1.807) is 24.4 Å². The molecule has 0 spiro atoms. The molecule has 0 aliphatic rings. The molecule has 0 aliphatic carbocycles. The standard InChI is InChI=1S/C21H16Cl2N2O4/c1-11-7-13(10-24-14-3-5-16(20(26)27)19(23)8-14)12(2)25(11)15-4-6-18(22)17(9-15)21(28)29/h3-10H,1-2H3,(H,26,27)(H,28,29). The largest absolute Gasteiger partial charge is 0.478 e. The van der Waals surface area contributed by atoms with E-state index in [1.165, 1.54) is 18.2 Å². The molecule has 1 aromatic heterocycles. The van der Waals surface area contributed by atoms with E-state index < -0.39 is 11.9 Å². The first-order valence-corrected chi connectivity index (χ1v) is 9.23. The van der Waals surface area contributed by atoms with Crippen LogP contribution in [0.3, 0.4) is 0 Å². The second-order valence-electron chi connectivity index (χ2n) is 6.36. The lowest BCUT2D eigenvalue weighted by Gasteiger charge is -2.11. The molecule has 3 rings (SSSR count). The van der Waals surface area contributed by atoms with Gasteiger partial charge in [0.05, 0.1) is 26.9 Å². The van der Waals surface area contributed by atoms with Gasteiger partial charge in [-0.05, 0) is 56.3 Å². The van der Waals surface area contributed by atoms with Crippen molar-refractivity contribution in [1.29, 1.82) is 0 Å². The van der Waals surface area contributed by atoms with Crippen LogP contribution in [0.25, 0.3) is 5.69 Å². The second kappa shape index (κ2) is 8.11. The van der Waals surface area contributed by atoms with Crippen LogP contribution in [0.15, 0.2) is 47.5 Å². The number of halogens is 2. The van der Waals surface area contributed by atoms with Crippen molar-refractivity contribution in [1.82, 2.24) is 4.57 Å². The molecular weight excluding hydrogens is 415 g/mol. The van der Waals surface area contributed by atoms with E-state index in [-0.39, 0.29) is 21.2 Å². The molecule has 0 aliphatic heterocycles. The van der Waals surface area contributed by atoms with Crippen molar-refractivity contribution in [3.63, 3.8) is 0 Å². The molecule has 29 heavy (non-hydrogen) atoms. The molecule has 0 bridgehead atoms. The predicted molar refractivity (Wildman–Crippen MR) is 113 cm³/mol. The van der Waals surface area contributed by atoms with Crippen molar-refractivity contribution in [3.05, 3.63) is 80.6 Å². The maximum absolute atomic E-state index is 11.4. The highest BCUT2D eigenvalue weighted by molar-refractivity contribution is 6.34. The lowest BCUT2D eigenvalue weighted by atomic mass is 10.2. The van der Waals surface area contributed by atoms with Crippen molar-refractivity contribution in [2.24, 2.45) is 4.99 Å². The predicted octanol–water partition coefficient (Wildman–Crippen LogP) is 5.55. The summed E-state index contributed by atoms with van der Waals surface area (Å²) in [7, 11) is 0. The molecule has 3 aromatic rings. The minimum Gasteiger partial charge on any atom is -0.478 e. The molecule has 0 saturated heterocycles. The minimum absolute atomic E-state index is 0.0146. The van der Waals surface area contributed by atoms with E-state index in [4.69, 9.17) is 28.3 Å². The molecule has 0 atom stereocenters. The summed E-state index contributed by atoms with van der Waals surface area (Å²) in [5, 5.41) is 18.6. The number of rotatable bonds is 5. The van der Waals surface area contributed by atoms with Gasteiger partial charge < -0.3 is 14.8 Å². The van der Waals surface area contributed by atoms with Gasteiger partial charge in [-0.1, -0.05) is 23.2 Å². The fourth-order valence-electron chi connectivity index (χ4n) is 3.03. The van der Waals surface area contributed by atoms with Gasteiger partial charge in [0.2, 0.25) is 0 Å². The van der Waals surface area contributed by atoms with Crippen LogP contribution >= 0.6 is 23.2 Å². The van der Waals surface area contributed by atoms with Gasteiger partial charge in [-0.15, -0.1) is 0 Å². The Balaban J connectivity index is 1.97. The van der Waals surface area contributed by atoms with Crippen LogP contribution in [0.5, 0.6) is 0 Å². The third-order valence-electron chi connectivity index (χ3n) is 4.44. The van der Waals surface area contributed by atoms with Gasteiger partial charge in [0.1, 0.15) is 0 Å². The molecule has 2 N–H and O–H groups in total. The van der Waals surface area contributed by atoms with Crippen molar-refractivity contribution in [2.45, 2.75) is 13.8 Å². The molecular formula is C21H16Cl2N2O4. The van der Waals surface area contributed by atoms with E-state index >= 15 is 0 Å². The highest BCUT2D eigenvalue weighted by Gasteiger charge is 2.14. The third kappa shape index (κ3) is 4.18. The van der Waals surface area contributed by atoms with E-state index in [9.17, 15) is 14.7 Å². The monoisotopic (exact) mass is 430 g/mol. The van der Waals surface area contributed by atoms with Crippen molar-refractivity contribution >= 4 is 47.0 Å². The molecule has 0 saturated carbocycles. The lowest BCUT2D eigenvalue weighted by Crippen LogP contribution is -2.03. The van der Waals surface area contributed by atoms with Gasteiger partial charge in [-0.25, -0.2) is 9.59 Å². The number of aryl methyl sites for hydroxylation is 1. The van der Waals surface area contributed by atoms with Crippen LogP contribution in [-0.4, -0.2) is 32.9 Å². The van der Waals surface area contributed by atoms with Crippen LogP contribution in [0, 0.1) is 13.8 Å². The first-order valence-electron chi connectivity index (χ1n) is 8.48. The summed E-state index contributed by atoms with van der Waals surface area (Å²) in [6, 6.07) is 11.2. The Hall–Kier alpha value is -3.09. The summed E-state index contributed by atoms with van der Waals surface area (Å²) in [5.41, 5.74) is 3.81. The number of carbonyl (C=O) groups is 2. The van der Waals surface area contributed by atoms with Gasteiger partial charge in [0.25, 0.3) is 0 Å². The van der Waals surface area contributed by atoms with Gasteiger partial charge in [-0.3, -0.25) is 4.99 Å². The number of hydrogen-bond acceptors (Lipinski definition) is 3. The zero-order valence-electron chi connectivity index (χ0n) is 15.5. The van der Waals surface area contributed by atoms with Crippen molar-refractivity contribution in [3.8, 4) is 5.69 Å². The molecule has 8 heteroatoms. The highest BCUT2D eigenvalue weighted by Crippen LogP contribution is 2.26. The number of aliphatic imine (C=N–C) groups is 1. The van der Waals surface area contributed by atoms with Gasteiger partial charge in [0.15, 0.2) is 0 Å². The Morgan fingerprint density at radius 3 is 2.24 bits per heavy atom. The second-order valence-corrected chi connectivity index (χ2v) is 7.17. The van der Waals surface area contributed by atoms with E-state index in [0.717, 1.165) is 17.0 Å². The number of aromatic nitrogens is 1. The van der Waals surface area contributed by atoms with Crippen molar-refractivity contribution in [2.75, 3.05) is 0 Å². The van der Waals surface area contributed by atoms with Gasteiger partial charge in [-0.2, -0.15) is 0 Å². The van der Waals surface area contributed by atoms with Crippen molar-refractivity contribution < 1.29 is 19.8 Å². The first-order chi connectivity index (χ1) is 13.7. The Bertz CT molecular complexity index is 1170. The molecule has 0 unspecified atom stereocenters. The Morgan fingerprint density at radius 1 is 0.931 bits per heavy atom. The molecule has 148 valence electrons. The molecule has 0 radical (unpaired) electrons. The van der Waals surface area contributed by atoms with Crippen LogP contribution in [0.2, 0.25) is 10.0 Å². The van der Waals surface area contributed by atoms with Crippen LogP contribution < -0.4 is 0 Å². The minimum atomic E-state index is -1.10. The molecule has 0 amide bonds. The summed E-state index contributed by atoms with van der Waals surface area (Å²) in [6.07, 6.45) is 1.65. The van der Waals surface area contributed by atoms with Crippen LogP contribution in [0.1, 0.15) is 37.7 Å². The smallest absolute Gasteiger partial charge is 0.337 e. The third-order valence-corrected chi connectivity index (χ3v) is 5.09. The number of hydrogen-bond donors (Lipinski definition) is 2. The fraction of sp³-hybridized carbons (Fsp3) is 0.0952. The quantitative estimate of drug-likeness (QED) is 0.519. The van der Waals surface area contributed by atoms with E-state index in [1.807, 2.05) is 24.5 Å². The molecule has 6 nitrogen and oxygen atoms in total. The Kier molecular flexibility index (Phi) is 5.77. The van der Waals surface area contributed by atoms with Crippen LogP contribution in [0.4, 0.5) is 5.69 Å². The number of benzene rings is 2. The Morgan fingerprint density at radius 2 is 1.62 bits per heavy atom. The number of nitrogens with zero attached hydrogens (tertiary/aromatic N) is 2. The number of aromatic carboxylic acids is 2. The zero-order valence-corrected chi connectivity index (χ0v) is 17.0. The van der Waals surface area contributed by atoms with E-state index in [0.29, 0.717) is 11.4 Å². The molecule has 1 heterocycles. The average Bonchev–Trinajstić information content (AvgIpc) is 2.93. The SMILES string of the molecule is Cc1cc(C=Nc2ccc(C(=O)O)c(Cl)c2)c(C)n1-c1ccc(Cl)c(C(=O)O)c1. The maximum atomic E-state index is 11.4. The Labute approximate surface area is 176 Å². The summed E-state index contributed by atoms with van der Waals surface area (Å²) in [6.45, 7) is 3.79. The highest BCUT2D eigenvalue weighted by atomic mass is 35.5. The summed E-state index contributed by atoms with van der Waals surface area (Å²) < 4.78 is 1.91. The van der Waals surface area contributed by atoms with Gasteiger partial charge in [0, 0.05) is 28.9 Å². The number of carboxylic acid groups (broad SMARTS) is 2. The zero-order chi connectivity index (χ0) is 21.3. The molecule has 2 aromatic carbocycles. The van der Waals surface area contributed by atoms with Crippen LogP contribution in [-0.2, 0) is 0 Å². The first kappa shape index (κ1) is 20.6. The maximum Gasteiger partial charge on any atom is 0.337 e. The summed E-state index contributed by atoms with van der Waals surface area (Å²) >= 11 is 11.9. The average molecular weight is 431 g/mol. The van der Waals surface area contributed by atoms with Gasteiger partial charge >= 0.3 is 11.9 Å². The summed E-state index contributed by atoms with van der Waals surface area (Å²) in [4.78, 5) is 26.8. The molecule has 0 fully saturated rings. The summed E-state index contributed by atoms with van der Waals surface area (Å²) in [5.74, 6) is -2.19. The number of carboxylic acids is 2. The van der Waals surface area contributed by atoms with E-state index in [2.05, 4.69) is 4.99 Å².